The molecule has 0 aliphatic heterocycles. The van der Waals surface area contributed by atoms with Gasteiger partial charge < -0.3 is 10.5 Å². The highest BCUT2D eigenvalue weighted by atomic mass is 79.9. The SMILES string of the molecule is COCc1nnc2sc(-c3ccc(Br)c(N)c3)nn12. The van der Waals surface area contributed by atoms with Gasteiger partial charge in [-0.15, -0.1) is 10.2 Å². The zero-order valence-corrected chi connectivity index (χ0v) is 12.4. The van der Waals surface area contributed by atoms with E-state index in [4.69, 9.17) is 10.5 Å². The molecule has 3 rings (SSSR count). The molecule has 0 fully saturated rings. The maximum atomic E-state index is 5.88. The molecule has 8 heteroatoms. The van der Waals surface area contributed by atoms with E-state index in [0.29, 0.717) is 18.1 Å². The molecule has 0 spiro atoms. The second kappa shape index (κ2) is 4.87. The second-order valence-corrected chi connectivity index (χ2v) is 5.70. The molecule has 0 aliphatic carbocycles. The van der Waals surface area contributed by atoms with Gasteiger partial charge in [0.25, 0.3) is 0 Å². The molecule has 3 aromatic rings. The molecule has 98 valence electrons. The van der Waals surface area contributed by atoms with Crippen LogP contribution in [-0.2, 0) is 11.3 Å². The Kier molecular flexibility index (Phi) is 3.21. The fourth-order valence-electron chi connectivity index (χ4n) is 1.67. The molecule has 2 N–H and O–H groups in total. The van der Waals surface area contributed by atoms with E-state index in [1.165, 1.54) is 11.3 Å². The van der Waals surface area contributed by atoms with Crippen molar-refractivity contribution >= 4 is 37.9 Å². The van der Waals surface area contributed by atoms with Gasteiger partial charge in [0.15, 0.2) is 5.82 Å². The Balaban J connectivity index is 2.07. The first-order chi connectivity index (χ1) is 9.19. The van der Waals surface area contributed by atoms with Crippen LogP contribution in [-0.4, -0.2) is 26.9 Å². The topological polar surface area (TPSA) is 78.3 Å². The predicted octanol–water partition coefficient (Wildman–Crippen LogP) is 2.34. The van der Waals surface area contributed by atoms with Crippen LogP contribution in [0.4, 0.5) is 5.69 Å². The van der Waals surface area contributed by atoms with Gasteiger partial charge in [-0.3, -0.25) is 0 Å². The molecular formula is C11H10BrN5OS. The molecule has 1 aromatic carbocycles. The van der Waals surface area contributed by atoms with E-state index in [9.17, 15) is 0 Å². The van der Waals surface area contributed by atoms with Gasteiger partial charge in [-0.2, -0.15) is 9.61 Å². The van der Waals surface area contributed by atoms with Crippen molar-refractivity contribution in [1.29, 1.82) is 0 Å². The van der Waals surface area contributed by atoms with E-state index < -0.39 is 0 Å². The largest absolute Gasteiger partial charge is 0.398 e. The molecule has 0 unspecified atom stereocenters. The minimum Gasteiger partial charge on any atom is -0.398 e. The first kappa shape index (κ1) is 12.5. The lowest BCUT2D eigenvalue weighted by Gasteiger charge is -2.00. The van der Waals surface area contributed by atoms with Crippen LogP contribution in [0.25, 0.3) is 15.5 Å². The zero-order valence-electron chi connectivity index (χ0n) is 10.00. The quantitative estimate of drug-likeness (QED) is 0.741. The van der Waals surface area contributed by atoms with Crippen LogP contribution >= 0.6 is 27.3 Å². The Morgan fingerprint density at radius 3 is 3.00 bits per heavy atom. The van der Waals surface area contributed by atoms with Gasteiger partial charge >= 0.3 is 0 Å². The lowest BCUT2D eigenvalue weighted by molar-refractivity contribution is 0.176. The van der Waals surface area contributed by atoms with Crippen LogP contribution in [0.5, 0.6) is 0 Å². The van der Waals surface area contributed by atoms with Gasteiger partial charge in [0.2, 0.25) is 4.96 Å². The summed E-state index contributed by atoms with van der Waals surface area (Å²) in [6.45, 7) is 0.382. The number of fused-ring (bicyclic) bond motifs is 1. The standard InChI is InChI=1S/C11H10BrN5OS/c1-18-5-9-14-15-11-17(9)16-10(19-11)6-2-3-7(12)8(13)4-6/h2-4H,5,13H2,1H3. The van der Waals surface area contributed by atoms with Crippen LogP contribution in [0.3, 0.4) is 0 Å². The Morgan fingerprint density at radius 2 is 2.26 bits per heavy atom. The lowest BCUT2D eigenvalue weighted by atomic mass is 10.2. The second-order valence-electron chi connectivity index (χ2n) is 3.89. The molecule has 0 radical (unpaired) electrons. The molecule has 0 amide bonds. The monoisotopic (exact) mass is 339 g/mol. The van der Waals surface area contributed by atoms with Gasteiger partial charge in [-0.1, -0.05) is 17.4 Å². The number of hydrogen-bond acceptors (Lipinski definition) is 6. The number of aromatic nitrogens is 4. The normalized spacial score (nSPS) is 11.3. The molecular weight excluding hydrogens is 330 g/mol. The summed E-state index contributed by atoms with van der Waals surface area (Å²) >= 11 is 4.84. The zero-order chi connectivity index (χ0) is 13.4. The van der Waals surface area contributed by atoms with Crippen LogP contribution in [0.15, 0.2) is 22.7 Å². The first-order valence-electron chi connectivity index (χ1n) is 5.44. The Morgan fingerprint density at radius 1 is 1.42 bits per heavy atom. The fraction of sp³-hybridized carbons (Fsp3) is 0.182. The Hall–Kier alpha value is -1.51. The van der Waals surface area contributed by atoms with Gasteiger partial charge in [0.05, 0.1) is 0 Å². The van der Waals surface area contributed by atoms with E-state index in [1.807, 2.05) is 18.2 Å². The maximum absolute atomic E-state index is 5.88. The van der Waals surface area contributed by atoms with E-state index in [-0.39, 0.29) is 0 Å². The van der Waals surface area contributed by atoms with E-state index >= 15 is 0 Å². The third-order valence-corrected chi connectivity index (χ3v) is 4.24. The number of rotatable bonds is 3. The smallest absolute Gasteiger partial charge is 0.235 e. The number of halogens is 1. The fourth-order valence-corrected chi connectivity index (χ4v) is 2.77. The van der Waals surface area contributed by atoms with E-state index in [2.05, 4.69) is 31.2 Å². The van der Waals surface area contributed by atoms with E-state index in [0.717, 1.165) is 20.0 Å². The molecule has 19 heavy (non-hydrogen) atoms. The summed E-state index contributed by atoms with van der Waals surface area (Å²) in [7, 11) is 1.61. The third-order valence-electron chi connectivity index (χ3n) is 2.57. The number of nitrogen functional groups attached to an aromatic ring is 1. The average molecular weight is 340 g/mol. The summed E-state index contributed by atoms with van der Waals surface area (Å²) < 4.78 is 7.63. The van der Waals surface area contributed by atoms with Gasteiger partial charge in [-0.05, 0) is 28.1 Å². The third kappa shape index (κ3) is 2.22. The summed E-state index contributed by atoms with van der Waals surface area (Å²) in [5.74, 6) is 0.685. The van der Waals surface area contributed by atoms with Crippen molar-refractivity contribution in [2.24, 2.45) is 0 Å². The number of anilines is 1. The average Bonchev–Trinajstić information content (AvgIpc) is 2.95. The highest BCUT2D eigenvalue weighted by molar-refractivity contribution is 9.10. The molecule has 0 bridgehead atoms. The predicted molar refractivity (Wildman–Crippen MR) is 76.9 cm³/mol. The number of hydrogen-bond donors (Lipinski definition) is 1. The van der Waals surface area contributed by atoms with Gasteiger partial charge in [-0.25, -0.2) is 0 Å². The van der Waals surface area contributed by atoms with Gasteiger partial charge in [0, 0.05) is 22.8 Å². The summed E-state index contributed by atoms with van der Waals surface area (Å²) in [4.78, 5) is 0.739. The molecule has 0 atom stereocenters. The first-order valence-corrected chi connectivity index (χ1v) is 7.05. The minimum atomic E-state index is 0.382. The molecule has 2 heterocycles. The van der Waals surface area contributed by atoms with Crippen LogP contribution < -0.4 is 5.73 Å². The lowest BCUT2D eigenvalue weighted by Crippen LogP contribution is -1.97. The van der Waals surface area contributed by atoms with Crippen molar-refractivity contribution in [3.63, 3.8) is 0 Å². The molecule has 6 nitrogen and oxygen atoms in total. The number of ether oxygens (including phenoxy) is 1. The van der Waals surface area contributed by atoms with Crippen molar-refractivity contribution in [1.82, 2.24) is 19.8 Å². The summed E-state index contributed by atoms with van der Waals surface area (Å²) in [5, 5.41) is 13.4. The van der Waals surface area contributed by atoms with E-state index in [1.54, 1.807) is 11.6 Å². The number of nitrogens with zero attached hydrogens (tertiary/aromatic N) is 4. The highest BCUT2D eigenvalue weighted by Crippen LogP contribution is 2.30. The number of methoxy groups -OCH3 is 1. The van der Waals surface area contributed by atoms with Gasteiger partial charge in [0.1, 0.15) is 11.6 Å². The molecule has 0 aliphatic rings. The van der Waals surface area contributed by atoms with Crippen molar-refractivity contribution < 1.29 is 4.74 Å². The maximum Gasteiger partial charge on any atom is 0.235 e. The van der Waals surface area contributed by atoms with Crippen LogP contribution in [0.2, 0.25) is 0 Å². The van der Waals surface area contributed by atoms with Crippen molar-refractivity contribution in [3.8, 4) is 10.6 Å². The van der Waals surface area contributed by atoms with Crippen molar-refractivity contribution in [2.75, 3.05) is 12.8 Å². The summed E-state index contributed by atoms with van der Waals surface area (Å²) in [6.07, 6.45) is 0. The molecule has 2 aromatic heterocycles. The Bertz CT molecular complexity index is 738. The number of nitrogens with two attached hydrogens (primary N) is 1. The minimum absolute atomic E-state index is 0.382. The number of benzene rings is 1. The summed E-state index contributed by atoms with van der Waals surface area (Å²) in [6, 6.07) is 5.75. The highest BCUT2D eigenvalue weighted by Gasteiger charge is 2.13. The molecule has 0 saturated heterocycles. The van der Waals surface area contributed by atoms with Crippen LogP contribution in [0.1, 0.15) is 5.82 Å². The Labute approximate surface area is 121 Å². The van der Waals surface area contributed by atoms with Crippen molar-refractivity contribution in [2.45, 2.75) is 6.61 Å². The van der Waals surface area contributed by atoms with Crippen LogP contribution in [0, 0.1) is 0 Å². The van der Waals surface area contributed by atoms with Crippen molar-refractivity contribution in [3.05, 3.63) is 28.5 Å². The molecule has 0 saturated carbocycles. The summed E-state index contributed by atoms with van der Waals surface area (Å²) in [5.41, 5.74) is 7.52.